The summed E-state index contributed by atoms with van der Waals surface area (Å²) in [4.78, 5) is 12.0. The number of hydrogen-bond acceptors (Lipinski definition) is 2. The van der Waals surface area contributed by atoms with E-state index < -0.39 is 0 Å². The fraction of sp³-hybridized carbons (Fsp3) is 0.133. The van der Waals surface area contributed by atoms with Gasteiger partial charge in [-0.1, -0.05) is 29.3 Å². The van der Waals surface area contributed by atoms with E-state index >= 15 is 0 Å². The van der Waals surface area contributed by atoms with Crippen LogP contribution in [0.3, 0.4) is 0 Å². The normalized spacial score (nSPS) is 10.4. The van der Waals surface area contributed by atoms with Gasteiger partial charge >= 0.3 is 0 Å². The number of nitrogens with one attached hydrogen (secondary N) is 1. The summed E-state index contributed by atoms with van der Waals surface area (Å²) >= 11 is 14.0. The quantitative estimate of drug-likeness (QED) is 0.704. The molecular formula is C15H12Cl2INO2. The molecule has 0 radical (unpaired) electrons. The largest absolute Gasteiger partial charge is 0.507 e. The second-order valence-corrected chi connectivity index (χ2v) is 6.49. The van der Waals surface area contributed by atoms with E-state index in [9.17, 15) is 9.90 Å². The molecule has 0 aliphatic carbocycles. The Kier molecular flexibility index (Phi) is 5.72. The van der Waals surface area contributed by atoms with Crippen LogP contribution in [-0.4, -0.2) is 17.6 Å². The fourth-order valence-electron chi connectivity index (χ4n) is 1.82. The maximum absolute atomic E-state index is 12.0. The van der Waals surface area contributed by atoms with Gasteiger partial charge in [-0.05, 0) is 64.9 Å². The number of amides is 1. The molecule has 2 aromatic carbocycles. The minimum Gasteiger partial charge on any atom is -0.507 e. The smallest absolute Gasteiger partial charge is 0.255 e. The molecule has 0 saturated heterocycles. The summed E-state index contributed by atoms with van der Waals surface area (Å²) in [6.07, 6.45) is 0.590. The van der Waals surface area contributed by atoms with Crippen molar-refractivity contribution in [3.63, 3.8) is 0 Å². The van der Waals surface area contributed by atoms with Crippen LogP contribution in [0.25, 0.3) is 0 Å². The van der Waals surface area contributed by atoms with Gasteiger partial charge in [-0.2, -0.15) is 0 Å². The molecule has 6 heteroatoms. The molecule has 0 bridgehead atoms. The van der Waals surface area contributed by atoms with Crippen molar-refractivity contribution in [2.75, 3.05) is 6.54 Å². The summed E-state index contributed by atoms with van der Waals surface area (Å²) in [5, 5.41) is 13.6. The number of carbonyl (C=O) groups is 1. The number of aromatic hydroxyl groups is 1. The average Bonchev–Trinajstić information content (AvgIpc) is 2.43. The maximum atomic E-state index is 12.0. The van der Waals surface area contributed by atoms with Crippen LogP contribution in [0.2, 0.25) is 10.0 Å². The molecule has 0 aliphatic rings. The standard InChI is InChI=1S/C15H12Cl2INO2/c16-10-2-1-9(13(17)7-10)5-6-19-15(21)12-8-11(18)3-4-14(12)20/h1-4,7-8,20H,5-6H2,(H,19,21). The minimum absolute atomic E-state index is 0.0301. The highest BCUT2D eigenvalue weighted by atomic mass is 127. The van der Waals surface area contributed by atoms with Gasteiger partial charge in [-0.3, -0.25) is 4.79 Å². The Morgan fingerprint density at radius 1 is 1.19 bits per heavy atom. The number of benzene rings is 2. The van der Waals surface area contributed by atoms with E-state index in [4.69, 9.17) is 23.2 Å². The second-order valence-electron chi connectivity index (χ2n) is 4.40. The van der Waals surface area contributed by atoms with E-state index in [1.165, 1.54) is 6.07 Å². The predicted molar refractivity (Wildman–Crippen MR) is 93.3 cm³/mol. The molecule has 0 saturated carbocycles. The van der Waals surface area contributed by atoms with Crippen molar-refractivity contribution in [3.05, 3.63) is 61.1 Å². The van der Waals surface area contributed by atoms with Crippen LogP contribution < -0.4 is 5.32 Å². The molecule has 0 atom stereocenters. The first-order valence-corrected chi connectivity index (χ1v) is 8.01. The average molecular weight is 436 g/mol. The number of phenolic OH excluding ortho intramolecular Hbond substituents is 1. The van der Waals surface area contributed by atoms with Crippen LogP contribution >= 0.6 is 45.8 Å². The third-order valence-electron chi connectivity index (χ3n) is 2.90. The van der Waals surface area contributed by atoms with Gasteiger partial charge in [0, 0.05) is 20.2 Å². The van der Waals surface area contributed by atoms with Crippen LogP contribution in [0.5, 0.6) is 5.75 Å². The van der Waals surface area contributed by atoms with Crippen LogP contribution in [0.15, 0.2) is 36.4 Å². The Balaban J connectivity index is 1.97. The molecule has 110 valence electrons. The van der Waals surface area contributed by atoms with Crippen LogP contribution in [-0.2, 0) is 6.42 Å². The first kappa shape index (κ1) is 16.4. The molecule has 0 aliphatic heterocycles. The predicted octanol–water partition coefficient (Wildman–Crippen LogP) is 4.28. The number of rotatable bonds is 4. The SMILES string of the molecule is O=C(NCCc1ccc(Cl)cc1Cl)c1cc(I)ccc1O. The van der Waals surface area contributed by atoms with E-state index in [-0.39, 0.29) is 17.2 Å². The van der Waals surface area contributed by atoms with E-state index in [0.29, 0.717) is 23.0 Å². The first-order valence-electron chi connectivity index (χ1n) is 6.18. The lowest BCUT2D eigenvalue weighted by molar-refractivity contribution is 0.0951. The summed E-state index contributed by atoms with van der Waals surface area (Å²) in [5.41, 5.74) is 1.18. The molecule has 0 aromatic heterocycles. The van der Waals surface area contributed by atoms with Crippen molar-refractivity contribution in [1.82, 2.24) is 5.32 Å². The number of halogens is 3. The Morgan fingerprint density at radius 2 is 1.95 bits per heavy atom. The molecule has 0 spiro atoms. The highest BCUT2D eigenvalue weighted by Crippen LogP contribution is 2.22. The summed E-state index contributed by atoms with van der Waals surface area (Å²) in [5.74, 6) is -0.339. The number of hydrogen-bond donors (Lipinski definition) is 2. The van der Waals surface area contributed by atoms with Gasteiger partial charge in [0.15, 0.2) is 0 Å². The van der Waals surface area contributed by atoms with Crippen LogP contribution in [0.4, 0.5) is 0 Å². The Hall–Kier alpha value is -0.980. The zero-order valence-electron chi connectivity index (χ0n) is 10.9. The van der Waals surface area contributed by atoms with Crippen molar-refractivity contribution in [3.8, 4) is 5.75 Å². The fourth-order valence-corrected chi connectivity index (χ4v) is 2.81. The summed E-state index contributed by atoms with van der Waals surface area (Å²) in [6.45, 7) is 0.422. The number of carbonyl (C=O) groups excluding carboxylic acids is 1. The molecular weight excluding hydrogens is 424 g/mol. The lowest BCUT2D eigenvalue weighted by Crippen LogP contribution is -2.25. The summed E-state index contributed by atoms with van der Waals surface area (Å²) < 4.78 is 0.885. The molecule has 0 unspecified atom stereocenters. The number of phenols is 1. The van der Waals surface area contributed by atoms with E-state index in [0.717, 1.165) is 9.13 Å². The Bertz CT molecular complexity index is 677. The van der Waals surface area contributed by atoms with Crippen molar-refractivity contribution >= 4 is 51.7 Å². The van der Waals surface area contributed by atoms with Crippen molar-refractivity contribution in [1.29, 1.82) is 0 Å². The topological polar surface area (TPSA) is 49.3 Å². The molecule has 21 heavy (non-hydrogen) atoms. The van der Waals surface area contributed by atoms with Gasteiger partial charge in [0.2, 0.25) is 0 Å². The summed E-state index contributed by atoms with van der Waals surface area (Å²) in [6, 6.07) is 10.1. The maximum Gasteiger partial charge on any atom is 0.255 e. The highest BCUT2D eigenvalue weighted by molar-refractivity contribution is 14.1. The van der Waals surface area contributed by atoms with Crippen molar-refractivity contribution in [2.24, 2.45) is 0 Å². The molecule has 1 amide bonds. The molecule has 0 heterocycles. The molecule has 2 rings (SSSR count). The van der Waals surface area contributed by atoms with Gasteiger partial charge in [0.05, 0.1) is 5.56 Å². The first-order chi connectivity index (χ1) is 9.97. The van der Waals surface area contributed by atoms with Crippen molar-refractivity contribution in [2.45, 2.75) is 6.42 Å². The molecule has 3 nitrogen and oxygen atoms in total. The lowest BCUT2D eigenvalue weighted by Gasteiger charge is -2.08. The van der Waals surface area contributed by atoms with Crippen LogP contribution in [0.1, 0.15) is 15.9 Å². The monoisotopic (exact) mass is 435 g/mol. The highest BCUT2D eigenvalue weighted by Gasteiger charge is 2.11. The van der Waals surface area contributed by atoms with E-state index in [1.807, 2.05) is 6.07 Å². The third kappa shape index (κ3) is 4.49. The second kappa shape index (κ2) is 7.33. The lowest BCUT2D eigenvalue weighted by atomic mass is 10.1. The molecule has 0 fully saturated rings. The van der Waals surface area contributed by atoms with E-state index in [1.54, 1.807) is 24.3 Å². The van der Waals surface area contributed by atoms with Gasteiger partial charge in [-0.25, -0.2) is 0 Å². The van der Waals surface area contributed by atoms with Crippen molar-refractivity contribution < 1.29 is 9.90 Å². The summed E-state index contributed by atoms with van der Waals surface area (Å²) in [7, 11) is 0. The zero-order chi connectivity index (χ0) is 15.4. The minimum atomic E-state index is -0.309. The molecule has 2 aromatic rings. The van der Waals surface area contributed by atoms with Gasteiger partial charge < -0.3 is 10.4 Å². The van der Waals surface area contributed by atoms with Gasteiger partial charge in [0.25, 0.3) is 5.91 Å². The van der Waals surface area contributed by atoms with E-state index in [2.05, 4.69) is 27.9 Å². The van der Waals surface area contributed by atoms with Gasteiger partial charge in [0.1, 0.15) is 5.75 Å². The Morgan fingerprint density at radius 3 is 2.67 bits per heavy atom. The Labute approximate surface area is 146 Å². The molecule has 2 N–H and O–H groups in total. The zero-order valence-corrected chi connectivity index (χ0v) is 14.5. The third-order valence-corrected chi connectivity index (χ3v) is 4.16. The van der Waals surface area contributed by atoms with Crippen LogP contribution in [0, 0.1) is 3.57 Å². The van der Waals surface area contributed by atoms with Gasteiger partial charge in [-0.15, -0.1) is 0 Å².